The maximum atomic E-state index is 11.2. The zero-order chi connectivity index (χ0) is 18.6. The summed E-state index contributed by atoms with van der Waals surface area (Å²) >= 11 is 0. The van der Waals surface area contributed by atoms with Gasteiger partial charge in [0.15, 0.2) is 0 Å². The van der Waals surface area contributed by atoms with Gasteiger partial charge in [-0.3, -0.25) is 9.59 Å². The largest absolute Gasteiger partial charge is 0.481 e. The van der Waals surface area contributed by atoms with Gasteiger partial charge in [-0.15, -0.1) is 0 Å². The predicted octanol–water partition coefficient (Wildman–Crippen LogP) is 6.27. The minimum absolute atomic E-state index is 0.0198. The number of hydrogen-bond acceptors (Lipinski definition) is 3. The number of rotatable bonds is 19. The molecule has 0 bridgehead atoms. The van der Waals surface area contributed by atoms with E-state index in [0.29, 0.717) is 6.61 Å². The van der Waals surface area contributed by atoms with Gasteiger partial charge in [-0.1, -0.05) is 96.8 Å². The second-order valence-corrected chi connectivity index (χ2v) is 7.06. The minimum Gasteiger partial charge on any atom is -0.481 e. The normalized spacial score (nSPS) is 10.8. The average Bonchev–Trinajstić information content (AvgIpc) is 2.59. The van der Waals surface area contributed by atoms with E-state index in [1.807, 2.05) is 0 Å². The van der Waals surface area contributed by atoms with Gasteiger partial charge in [0.05, 0.1) is 19.4 Å². The van der Waals surface area contributed by atoms with E-state index in [0.717, 1.165) is 12.8 Å². The van der Waals surface area contributed by atoms with Crippen molar-refractivity contribution in [1.82, 2.24) is 0 Å². The number of aliphatic carboxylic acids is 1. The first-order valence-electron chi connectivity index (χ1n) is 10.5. The second-order valence-electron chi connectivity index (χ2n) is 7.06. The Morgan fingerprint density at radius 3 is 1.44 bits per heavy atom. The van der Waals surface area contributed by atoms with Crippen LogP contribution in [0.2, 0.25) is 0 Å². The van der Waals surface area contributed by atoms with Crippen LogP contribution in [0.5, 0.6) is 0 Å². The van der Waals surface area contributed by atoms with Crippen LogP contribution < -0.4 is 0 Å². The molecule has 0 unspecified atom stereocenters. The molecule has 0 saturated carbocycles. The van der Waals surface area contributed by atoms with Gasteiger partial charge in [0.25, 0.3) is 0 Å². The number of carboxylic acid groups (broad SMARTS) is 1. The number of carbonyl (C=O) groups excluding carboxylic acids is 1. The highest BCUT2D eigenvalue weighted by Gasteiger charge is 2.05. The first-order valence-corrected chi connectivity index (χ1v) is 10.5. The fourth-order valence-electron chi connectivity index (χ4n) is 2.94. The molecule has 1 N–H and O–H groups in total. The Hall–Kier alpha value is -1.06. The Kier molecular flexibility index (Phi) is 18.5. The van der Waals surface area contributed by atoms with Crippen molar-refractivity contribution >= 4 is 11.9 Å². The third kappa shape index (κ3) is 20.9. The summed E-state index contributed by atoms with van der Waals surface area (Å²) in [6.07, 6.45) is 19.5. The summed E-state index contributed by atoms with van der Waals surface area (Å²) in [5, 5.41) is 8.47. The minimum atomic E-state index is -0.955. The SMILES string of the molecule is CCCCCCCCCCCCCCCCCOC(=O)CCC(=O)O. The number of esters is 1. The highest BCUT2D eigenvalue weighted by molar-refractivity contribution is 5.76. The van der Waals surface area contributed by atoms with E-state index in [4.69, 9.17) is 9.84 Å². The Bertz CT molecular complexity index is 315. The van der Waals surface area contributed by atoms with Crippen LogP contribution in [0, 0.1) is 0 Å². The molecule has 0 amide bonds. The summed E-state index contributed by atoms with van der Waals surface area (Å²) < 4.78 is 5.00. The summed E-state index contributed by atoms with van der Waals surface area (Å²) in [5.41, 5.74) is 0. The lowest BCUT2D eigenvalue weighted by molar-refractivity contribution is -0.147. The van der Waals surface area contributed by atoms with Crippen molar-refractivity contribution in [3.8, 4) is 0 Å². The molecule has 0 aliphatic carbocycles. The molecule has 0 atom stereocenters. The van der Waals surface area contributed by atoms with Crippen molar-refractivity contribution in [1.29, 1.82) is 0 Å². The molecule has 4 nitrogen and oxygen atoms in total. The first-order chi connectivity index (χ1) is 12.2. The second kappa shape index (κ2) is 19.3. The van der Waals surface area contributed by atoms with E-state index in [1.165, 1.54) is 83.5 Å². The predicted molar refractivity (Wildman–Crippen MR) is 103 cm³/mol. The van der Waals surface area contributed by atoms with Gasteiger partial charge in [-0.2, -0.15) is 0 Å². The molecule has 0 radical (unpaired) electrons. The quantitative estimate of drug-likeness (QED) is 0.219. The number of unbranched alkanes of at least 4 members (excludes halogenated alkanes) is 14. The zero-order valence-corrected chi connectivity index (χ0v) is 16.4. The molecule has 0 spiro atoms. The summed E-state index contributed by atoms with van der Waals surface area (Å²) in [7, 11) is 0. The van der Waals surface area contributed by atoms with Crippen molar-refractivity contribution < 1.29 is 19.4 Å². The van der Waals surface area contributed by atoms with Gasteiger partial charge in [0, 0.05) is 0 Å². The highest BCUT2D eigenvalue weighted by atomic mass is 16.5. The van der Waals surface area contributed by atoms with Gasteiger partial charge in [0.1, 0.15) is 0 Å². The van der Waals surface area contributed by atoms with E-state index in [9.17, 15) is 9.59 Å². The molecule has 148 valence electrons. The van der Waals surface area contributed by atoms with Crippen LogP contribution in [0.15, 0.2) is 0 Å². The van der Waals surface area contributed by atoms with Crippen LogP contribution in [0.3, 0.4) is 0 Å². The van der Waals surface area contributed by atoms with Crippen LogP contribution in [0.4, 0.5) is 0 Å². The number of carbonyl (C=O) groups is 2. The highest BCUT2D eigenvalue weighted by Crippen LogP contribution is 2.13. The Morgan fingerprint density at radius 1 is 0.640 bits per heavy atom. The lowest BCUT2D eigenvalue weighted by atomic mass is 10.0. The topological polar surface area (TPSA) is 63.6 Å². The molecular formula is C21H40O4. The molecule has 0 aliphatic rings. The molecule has 0 aromatic heterocycles. The monoisotopic (exact) mass is 356 g/mol. The van der Waals surface area contributed by atoms with Crippen molar-refractivity contribution in [2.24, 2.45) is 0 Å². The fraction of sp³-hybridized carbons (Fsp3) is 0.905. The third-order valence-electron chi connectivity index (χ3n) is 4.55. The standard InChI is InChI=1S/C21H40O4/c1-2-3-4-5-6-7-8-9-10-11-12-13-14-15-16-19-25-21(24)18-17-20(22)23/h2-19H2,1H3,(H,22,23). The van der Waals surface area contributed by atoms with Gasteiger partial charge < -0.3 is 9.84 Å². The van der Waals surface area contributed by atoms with Gasteiger partial charge in [-0.25, -0.2) is 0 Å². The molecule has 0 aliphatic heterocycles. The van der Waals surface area contributed by atoms with E-state index in [1.54, 1.807) is 0 Å². The smallest absolute Gasteiger partial charge is 0.306 e. The third-order valence-corrected chi connectivity index (χ3v) is 4.55. The summed E-state index contributed by atoms with van der Waals surface area (Å²) in [6.45, 7) is 2.69. The fourth-order valence-corrected chi connectivity index (χ4v) is 2.94. The maximum absolute atomic E-state index is 11.2. The van der Waals surface area contributed by atoms with Gasteiger partial charge >= 0.3 is 11.9 Å². The number of ether oxygens (including phenoxy) is 1. The molecule has 0 fully saturated rings. The van der Waals surface area contributed by atoms with E-state index in [2.05, 4.69) is 6.92 Å². The van der Waals surface area contributed by atoms with Crippen LogP contribution in [-0.4, -0.2) is 23.7 Å². The summed E-state index contributed by atoms with van der Waals surface area (Å²) in [4.78, 5) is 21.5. The lowest BCUT2D eigenvalue weighted by Crippen LogP contribution is -2.08. The molecule has 0 aromatic rings. The van der Waals surface area contributed by atoms with Gasteiger partial charge in [0.2, 0.25) is 0 Å². The van der Waals surface area contributed by atoms with Crippen LogP contribution in [-0.2, 0) is 14.3 Å². The van der Waals surface area contributed by atoms with Crippen LogP contribution >= 0.6 is 0 Å². The van der Waals surface area contributed by atoms with E-state index >= 15 is 0 Å². The van der Waals surface area contributed by atoms with Crippen molar-refractivity contribution in [3.63, 3.8) is 0 Å². The molecule has 25 heavy (non-hydrogen) atoms. The summed E-state index contributed by atoms with van der Waals surface area (Å²) in [5.74, 6) is -1.35. The molecule has 4 heteroatoms. The molecule has 0 heterocycles. The number of hydrogen-bond donors (Lipinski definition) is 1. The first kappa shape index (κ1) is 23.9. The molecular weight excluding hydrogens is 316 g/mol. The average molecular weight is 357 g/mol. The maximum Gasteiger partial charge on any atom is 0.306 e. The van der Waals surface area contributed by atoms with E-state index < -0.39 is 11.9 Å². The zero-order valence-electron chi connectivity index (χ0n) is 16.4. The molecule has 0 aromatic carbocycles. The Balaban J connectivity index is 3.09. The Labute approximate surface area is 154 Å². The van der Waals surface area contributed by atoms with Crippen LogP contribution in [0.25, 0.3) is 0 Å². The lowest BCUT2D eigenvalue weighted by Gasteiger charge is -2.05. The van der Waals surface area contributed by atoms with Crippen molar-refractivity contribution in [3.05, 3.63) is 0 Å². The van der Waals surface area contributed by atoms with Crippen molar-refractivity contribution in [2.75, 3.05) is 6.61 Å². The molecule has 0 saturated heterocycles. The van der Waals surface area contributed by atoms with Crippen molar-refractivity contribution in [2.45, 2.75) is 116 Å². The van der Waals surface area contributed by atoms with Gasteiger partial charge in [-0.05, 0) is 6.42 Å². The van der Waals surface area contributed by atoms with E-state index in [-0.39, 0.29) is 12.8 Å². The van der Waals surface area contributed by atoms with Crippen LogP contribution in [0.1, 0.15) is 116 Å². The number of carboxylic acids is 1. The Morgan fingerprint density at radius 2 is 1.04 bits per heavy atom. The summed E-state index contributed by atoms with van der Waals surface area (Å²) in [6, 6.07) is 0. The molecule has 0 rings (SSSR count).